The molecule has 4 rings (SSSR count). The van der Waals surface area contributed by atoms with E-state index in [2.05, 4.69) is 4.98 Å². The first-order valence-electron chi connectivity index (χ1n) is 8.47. The van der Waals surface area contributed by atoms with Gasteiger partial charge in [-0.25, -0.2) is 14.4 Å². The maximum Gasteiger partial charge on any atom is 0.156 e. The molecular formula is C22H18FN3. The zero-order valence-electron chi connectivity index (χ0n) is 14.6. The summed E-state index contributed by atoms with van der Waals surface area (Å²) in [4.78, 5) is 9.10. The summed E-state index contributed by atoms with van der Waals surface area (Å²) in [7, 11) is 0. The molecular weight excluding hydrogens is 325 g/mol. The van der Waals surface area contributed by atoms with Gasteiger partial charge in [0.1, 0.15) is 11.3 Å². The summed E-state index contributed by atoms with van der Waals surface area (Å²) >= 11 is 0. The van der Waals surface area contributed by atoms with E-state index < -0.39 is 0 Å². The summed E-state index contributed by atoms with van der Waals surface area (Å²) in [6, 6.07) is 19.7. The number of hydrogen-bond acceptors (Lipinski definition) is 2. The van der Waals surface area contributed by atoms with Gasteiger partial charge in [-0.1, -0.05) is 60.7 Å². The number of aryl methyl sites for hydroxylation is 2. The lowest BCUT2D eigenvalue weighted by molar-refractivity contribution is 0.619. The molecule has 0 amide bonds. The Morgan fingerprint density at radius 2 is 1.46 bits per heavy atom. The van der Waals surface area contributed by atoms with Crippen LogP contribution in [0.4, 0.5) is 10.1 Å². The van der Waals surface area contributed by atoms with Gasteiger partial charge in [-0.3, -0.25) is 0 Å². The molecule has 0 fully saturated rings. The van der Waals surface area contributed by atoms with Gasteiger partial charge in [-0.15, -0.1) is 0 Å². The number of fused-ring (bicyclic) bond motifs is 1. The second kappa shape index (κ2) is 6.56. The van der Waals surface area contributed by atoms with Gasteiger partial charge < -0.3 is 4.40 Å². The Morgan fingerprint density at radius 1 is 0.885 bits per heavy atom. The average molecular weight is 343 g/mol. The molecule has 0 atom stereocenters. The van der Waals surface area contributed by atoms with Gasteiger partial charge in [-0.05, 0) is 13.8 Å². The number of aliphatic imine (C=N–C) groups is 1. The normalized spacial score (nSPS) is 10.9. The number of nitrogens with zero attached hydrogens (tertiary/aromatic N) is 3. The van der Waals surface area contributed by atoms with Crippen molar-refractivity contribution >= 4 is 17.0 Å². The Hall–Kier alpha value is -3.27. The van der Waals surface area contributed by atoms with Crippen LogP contribution in [0.25, 0.3) is 5.65 Å². The molecule has 128 valence electrons. The molecule has 2 aromatic heterocycles. The van der Waals surface area contributed by atoms with Crippen LogP contribution in [-0.2, 0) is 0 Å². The fourth-order valence-electron chi connectivity index (χ4n) is 3.06. The van der Waals surface area contributed by atoms with Crippen LogP contribution in [0.2, 0.25) is 0 Å². The van der Waals surface area contributed by atoms with E-state index in [9.17, 15) is 4.39 Å². The van der Waals surface area contributed by atoms with Gasteiger partial charge in [0.2, 0.25) is 0 Å². The van der Waals surface area contributed by atoms with E-state index in [4.69, 9.17) is 4.99 Å². The van der Waals surface area contributed by atoms with Crippen molar-refractivity contribution in [3.63, 3.8) is 0 Å². The number of aromatic nitrogens is 2. The molecule has 2 aromatic carbocycles. The predicted octanol–water partition coefficient (Wildman–Crippen LogP) is 5.26. The van der Waals surface area contributed by atoms with Crippen LogP contribution in [0.5, 0.6) is 0 Å². The molecule has 0 aliphatic heterocycles. The lowest BCUT2D eigenvalue weighted by Crippen LogP contribution is -2.03. The molecule has 0 saturated heterocycles. The lowest BCUT2D eigenvalue weighted by atomic mass is 10.0. The number of pyridine rings is 1. The summed E-state index contributed by atoms with van der Waals surface area (Å²) in [5, 5.41) is 0. The summed E-state index contributed by atoms with van der Waals surface area (Å²) in [5.41, 5.74) is 4.89. The molecule has 0 aliphatic carbocycles. The van der Waals surface area contributed by atoms with Gasteiger partial charge in [0.05, 0.1) is 11.4 Å². The quantitative estimate of drug-likeness (QED) is 0.467. The molecule has 4 aromatic rings. The second-order valence-electron chi connectivity index (χ2n) is 6.26. The summed E-state index contributed by atoms with van der Waals surface area (Å²) in [6.07, 6.45) is 3.58. The van der Waals surface area contributed by atoms with E-state index in [-0.39, 0.29) is 5.82 Å². The number of halogens is 1. The molecule has 0 unspecified atom stereocenters. The maximum absolute atomic E-state index is 15.0. The zero-order valence-corrected chi connectivity index (χ0v) is 14.6. The van der Waals surface area contributed by atoms with Crippen molar-refractivity contribution < 1.29 is 4.39 Å². The Balaban J connectivity index is 1.96. The van der Waals surface area contributed by atoms with Crippen molar-refractivity contribution in [1.82, 2.24) is 9.38 Å². The second-order valence-corrected chi connectivity index (χ2v) is 6.26. The molecule has 0 aliphatic rings. The molecule has 0 radical (unpaired) electrons. The smallest absolute Gasteiger partial charge is 0.156 e. The maximum atomic E-state index is 15.0. The third kappa shape index (κ3) is 2.90. The van der Waals surface area contributed by atoms with Gasteiger partial charge >= 0.3 is 0 Å². The Morgan fingerprint density at radius 3 is 2.04 bits per heavy atom. The Bertz CT molecular complexity index is 1060. The molecule has 3 nitrogen and oxygen atoms in total. The standard InChI is InChI=1S/C22H18FN3/c1-15-13-26-14-19(20(23)16(2)22(26)24-15)25-21(17-9-5-3-6-10-17)18-11-7-4-8-12-18/h3-14H,1-2H3. The minimum Gasteiger partial charge on any atom is -0.304 e. The highest BCUT2D eigenvalue weighted by molar-refractivity contribution is 6.13. The van der Waals surface area contributed by atoms with Crippen molar-refractivity contribution in [2.24, 2.45) is 4.99 Å². The third-order valence-corrected chi connectivity index (χ3v) is 4.33. The van der Waals surface area contributed by atoms with Crippen molar-refractivity contribution in [1.29, 1.82) is 0 Å². The number of hydrogen-bond donors (Lipinski definition) is 0. The SMILES string of the molecule is Cc1cn2cc(N=C(c3ccccc3)c3ccccc3)c(F)c(C)c2n1. The lowest BCUT2D eigenvalue weighted by Gasteiger charge is -2.10. The van der Waals surface area contributed by atoms with Crippen LogP contribution in [0.1, 0.15) is 22.4 Å². The Kier molecular flexibility index (Phi) is 4.09. The minimum absolute atomic E-state index is 0.301. The number of rotatable bonds is 3. The molecule has 0 saturated carbocycles. The first-order chi connectivity index (χ1) is 12.6. The first kappa shape index (κ1) is 16.2. The van der Waals surface area contributed by atoms with Gasteiger partial charge in [-0.2, -0.15) is 0 Å². The fourth-order valence-corrected chi connectivity index (χ4v) is 3.06. The zero-order chi connectivity index (χ0) is 18.1. The first-order valence-corrected chi connectivity index (χ1v) is 8.47. The molecule has 0 N–H and O–H groups in total. The summed E-state index contributed by atoms with van der Waals surface area (Å²) in [6.45, 7) is 3.63. The molecule has 4 heteroatoms. The molecule has 0 bridgehead atoms. The van der Waals surface area contributed by atoms with E-state index in [0.717, 1.165) is 22.5 Å². The minimum atomic E-state index is -0.340. The number of imidazole rings is 1. The van der Waals surface area contributed by atoms with E-state index in [1.54, 1.807) is 13.1 Å². The van der Waals surface area contributed by atoms with Crippen molar-refractivity contribution in [2.45, 2.75) is 13.8 Å². The Labute approximate surface area is 151 Å². The van der Waals surface area contributed by atoms with Crippen molar-refractivity contribution in [3.8, 4) is 0 Å². The monoisotopic (exact) mass is 343 g/mol. The molecule has 26 heavy (non-hydrogen) atoms. The topological polar surface area (TPSA) is 29.7 Å². The van der Waals surface area contributed by atoms with E-state index >= 15 is 0 Å². The highest BCUT2D eigenvalue weighted by Gasteiger charge is 2.14. The molecule has 2 heterocycles. The van der Waals surface area contributed by atoms with Crippen LogP contribution < -0.4 is 0 Å². The summed E-state index contributed by atoms with van der Waals surface area (Å²) < 4.78 is 16.8. The average Bonchev–Trinajstić information content (AvgIpc) is 3.05. The van der Waals surface area contributed by atoms with E-state index in [1.165, 1.54) is 0 Å². The largest absolute Gasteiger partial charge is 0.304 e. The van der Waals surface area contributed by atoms with Crippen LogP contribution in [0.3, 0.4) is 0 Å². The van der Waals surface area contributed by atoms with Crippen molar-refractivity contribution in [2.75, 3.05) is 0 Å². The van der Waals surface area contributed by atoms with Crippen LogP contribution in [-0.4, -0.2) is 15.1 Å². The van der Waals surface area contributed by atoms with Gasteiger partial charge in [0, 0.05) is 29.1 Å². The van der Waals surface area contributed by atoms with Gasteiger partial charge in [0.15, 0.2) is 5.82 Å². The molecule has 0 spiro atoms. The van der Waals surface area contributed by atoms with E-state index in [0.29, 0.717) is 16.9 Å². The van der Waals surface area contributed by atoms with Crippen LogP contribution in [0.15, 0.2) is 78.0 Å². The highest BCUT2D eigenvalue weighted by atomic mass is 19.1. The van der Waals surface area contributed by atoms with Crippen molar-refractivity contribution in [3.05, 3.63) is 101 Å². The van der Waals surface area contributed by atoms with E-state index in [1.807, 2.05) is 78.2 Å². The van der Waals surface area contributed by atoms with Crippen LogP contribution >= 0.6 is 0 Å². The van der Waals surface area contributed by atoms with Crippen LogP contribution in [0, 0.1) is 19.7 Å². The summed E-state index contributed by atoms with van der Waals surface area (Å²) in [5.74, 6) is -0.340. The number of benzene rings is 2. The highest BCUT2D eigenvalue weighted by Crippen LogP contribution is 2.26. The van der Waals surface area contributed by atoms with Gasteiger partial charge in [0.25, 0.3) is 0 Å². The predicted molar refractivity (Wildman–Crippen MR) is 103 cm³/mol. The third-order valence-electron chi connectivity index (χ3n) is 4.33. The fraction of sp³-hybridized carbons (Fsp3) is 0.0909.